The number of carbonyl (C=O) groups excluding carboxylic acids is 1. The highest BCUT2D eigenvalue weighted by atomic mass is 16.6. The summed E-state index contributed by atoms with van der Waals surface area (Å²) in [6.45, 7) is 2.17. The summed E-state index contributed by atoms with van der Waals surface area (Å²) in [7, 11) is 1.45. The fraction of sp³-hybridized carbons (Fsp3) is 0.500. The molecule has 4 rings (SSSR count). The van der Waals surface area contributed by atoms with Crippen molar-refractivity contribution in [2.45, 2.75) is 37.4 Å². The Kier molecular flexibility index (Phi) is 2.77. The highest BCUT2D eigenvalue weighted by molar-refractivity contribution is 5.92. The van der Waals surface area contributed by atoms with Gasteiger partial charge in [-0.05, 0) is 30.2 Å². The highest BCUT2D eigenvalue weighted by Gasteiger charge is 2.73. The molecule has 2 fully saturated rings. The number of ether oxygens (including phenoxy) is 2. The van der Waals surface area contributed by atoms with E-state index in [1.807, 2.05) is 6.07 Å². The van der Waals surface area contributed by atoms with E-state index in [4.69, 9.17) is 9.47 Å². The van der Waals surface area contributed by atoms with Crippen LogP contribution in [0.4, 0.5) is 0 Å². The van der Waals surface area contributed by atoms with Crippen LogP contribution in [-0.2, 0) is 14.3 Å². The van der Waals surface area contributed by atoms with Gasteiger partial charge in [0.15, 0.2) is 0 Å². The fourth-order valence-electron chi connectivity index (χ4n) is 4.48. The van der Waals surface area contributed by atoms with Crippen LogP contribution in [0, 0.1) is 11.8 Å². The average Bonchev–Trinajstić information content (AvgIpc) is 3.16. The number of allylic oxidation sites excluding steroid dienone is 1. The maximum atomic E-state index is 12.2. The Morgan fingerprint density at radius 3 is 2.76 bits per heavy atom. The third-order valence-corrected chi connectivity index (χ3v) is 5.36. The lowest BCUT2D eigenvalue weighted by molar-refractivity contribution is -0.137. The minimum Gasteiger partial charge on any atom is -0.466 e. The highest BCUT2D eigenvalue weighted by Crippen LogP contribution is 2.66. The summed E-state index contributed by atoms with van der Waals surface area (Å²) in [6.07, 6.45) is 4.41. The van der Waals surface area contributed by atoms with E-state index in [9.17, 15) is 4.79 Å². The second kappa shape index (κ2) is 4.44. The first kappa shape index (κ1) is 13.1. The second-order valence-electron chi connectivity index (χ2n) is 6.57. The molecule has 3 nitrogen and oxygen atoms in total. The van der Waals surface area contributed by atoms with Gasteiger partial charge in [0.2, 0.25) is 0 Å². The van der Waals surface area contributed by atoms with Crippen molar-refractivity contribution < 1.29 is 14.3 Å². The number of methoxy groups -OCH3 is 1. The summed E-state index contributed by atoms with van der Waals surface area (Å²) in [5.74, 6) is 1.02. The molecule has 110 valence electrons. The minimum absolute atomic E-state index is 0.141. The Balaban J connectivity index is 1.70. The largest absolute Gasteiger partial charge is 0.466 e. The number of benzene rings is 1. The van der Waals surface area contributed by atoms with Gasteiger partial charge in [-0.2, -0.15) is 0 Å². The molecule has 3 heteroatoms. The Labute approximate surface area is 124 Å². The Hall–Kier alpha value is -1.61. The van der Waals surface area contributed by atoms with E-state index in [0.717, 1.165) is 18.4 Å². The molecule has 1 spiro atoms. The number of hydrogen-bond donors (Lipinski definition) is 0. The molecule has 1 heterocycles. The lowest BCUT2D eigenvalue weighted by Gasteiger charge is -2.29. The zero-order valence-corrected chi connectivity index (χ0v) is 12.4. The summed E-state index contributed by atoms with van der Waals surface area (Å²) < 4.78 is 11.1. The van der Waals surface area contributed by atoms with Gasteiger partial charge < -0.3 is 9.47 Å². The van der Waals surface area contributed by atoms with Crippen molar-refractivity contribution in [2.24, 2.45) is 11.8 Å². The van der Waals surface area contributed by atoms with E-state index in [1.165, 1.54) is 12.7 Å². The molecule has 0 bridgehead atoms. The molecule has 0 N–H and O–H groups in total. The second-order valence-corrected chi connectivity index (χ2v) is 6.57. The lowest BCUT2D eigenvalue weighted by Crippen LogP contribution is -2.34. The van der Waals surface area contributed by atoms with Crippen molar-refractivity contribution in [3.05, 3.63) is 47.5 Å². The molecule has 3 aliphatic rings. The van der Waals surface area contributed by atoms with Crippen LogP contribution >= 0.6 is 0 Å². The van der Waals surface area contributed by atoms with Crippen LogP contribution in [-0.4, -0.2) is 24.8 Å². The summed E-state index contributed by atoms with van der Waals surface area (Å²) in [4.78, 5) is 12.2. The quantitative estimate of drug-likeness (QED) is 0.619. The molecule has 5 unspecified atom stereocenters. The molecule has 1 aliphatic heterocycles. The first-order valence-corrected chi connectivity index (χ1v) is 7.70. The predicted octanol–water partition coefficient (Wildman–Crippen LogP) is 3.07. The zero-order valence-electron chi connectivity index (χ0n) is 12.4. The molecular weight excluding hydrogens is 264 g/mol. The van der Waals surface area contributed by atoms with Crippen molar-refractivity contribution in [1.29, 1.82) is 0 Å². The van der Waals surface area contributed by atoms with E-state index in [2.05, 4.69) is 37.3 Å². The Morgan fingerprint density at radius 2 is 2.05 bits per heavy atom. The molecule has 21 heavy (non-hydrogen) atoms. The number of epoxide rings is 1. The third kappa shape index (κ3) is 1.73. The van der Waals surface area contributed by atoms with Crippen molar-refractivity contribution in [1.82, 2.24) is 0 Å². The molecular formula is C18H20O3. The Morgan fingerprint density at radius 1 is 1.29 bits per heavy atom. The van der Waals surface area contributed by atoms with Gasteiger partial charge in [0.05, 0.1) is 18.8 Å². The summed E-state index contributed by atoms with van der Waals surface area (Å²) in [5.41, 5.74) is 1.72. The van der Waals surface area contributed by atoms with E-state index in [-0.39, 0.29) is 17.7 Å². The van der Waals surface area contributed by atoms with Gasteiger partial charge in [-0.15, -0.1) is 0 Å². The molecule has 2 aliphatic carbocycles. The van der Waals surface area contributed by atoms with Crippen LogP contribution < -0.4 is 0 Å². The van der Waals surface area contributed by atoms with Gasteiger partial charge in [0, 0.05) is 5.92 Å². The number of rotatable bonds is 2. The van der Waals surface area contributed by atoms with Gasteiger partial charge in [-0.1, -0.05) is 43.3 Å². The van der Waals surface area contributed by atoms with E-state index in [0.29, 0.717) is 17.8 Å². The number of carbonyl (C=O) groups is 1. The SMILES string of the molecule is COC(=O)C1=CC(C)CC2CC(c3ccccc3)C3OC123. The molecule has 1 aromatic carbocycles. The van der Waals surface area contributed by atoms with Crippen LogP contribution in [0.15, 0.2) is 42.0 Å². The van der Waals surface area contributed by atoms with Crippen LogP contribution in [0.2, 0.25) is 0 Å². The van der Waals surface area contributed by atoms with Crippen LogP contribution in [0.25, 0.3) is 0 Å². The molecule has 0 radical (unpaired) electrons. The third-order valence-electron chi connectivity index (χ3n) is 5.36. The zero-order chi connectivity index (χ0) is 14.6. The van der Waals surface area contributed by atoms with Crippen LogP contribution in [0.5, 0.6) is 0 Å². The summed E-state index contributed by atoms with van der Waals surface area (Å²) >= 11 is 0. The van der Waals surface area contributed by atoms with Crippen molar-refractivity contribution in [2.75, 3.05) is 7.11 Å². The Bertz CT molecular complexity index is 606. The lowest BCUT2D eigenvalue weighted by atomic mass is 9.75. The topological polar surface area (TPSA) is 38.8 Å². The normalized spacial score (nSPS) is 40.0. The van der Waals surface area contributed by atoms with E-state index in [1.54, 1.807) is 0 Å². The maximum absolute atomic E-state index is 12.2. The number of esters is 1. The van der Waals surface area contributed by atoms with Crippen LogP contribution in [0.1, 0.15) is 31.2 Å². The summed E-state index contributed by atoms with van der Waals surface area (Å²) in [6, 6.07) is 10.5. The smallest absolute Gasteiger partial charge is 0.336 e. The van der Waals surface area contributed by atoms with Crippen molar-refractivity contribution >= 4 is 5.97 Å². The van der Waals surface area contributed by atoms with Crippen molar-refractivity contribution in [3.63, 3.8) is 0 Å². The standard InChI is InChI=1S/C18H20O3/c1-11-8-13-10-14(12-6-4-3-5-7-12)16-18(13,21-16)15(9-11)17(19)20-2/h3-7,9,11,13-14,16H,8,10H2,1-2H3. The van der Waals surface area contributed by atoms with Gasteiger partial charge in [-0.25, -0.2) is 4.79 Å². The predicted molar refractivity (Wildman–Crippen MR) is 78.8 cm³/mol. The van der Waals surface area contributed by atoms with Gasteiger partial charge in [0.1, 0.15) is 5.60 Å². The van der Waals surface area contributed by atoms with Crippen LogP contribution in [0.3, 0.4) is 0 Å². The first-order chi connectivity index (χ1) is 10.2. The van der Waals surface area contributed by atoms with E-state index >= 15 is 0 Å². The molecule has 5 atom stereocenters. The molecule has 0 amide bonds. The van der Waals surface area contributed by atoms with Gasteiger partial charge in [0.25, 0.3) is 0 Å². The van der Waals surface area contributed by atoms with Gasteiger partial charge in [-0.3, -0.25) is 0 Å². The maximum Gasteiger partial charge on any atom is 0.336 e. The van der Waals surface area contributed by atoms with Gasteiger partial charge >= 0.3 is 5.97 Å². The fourth-order valence-corrected chi connectivity index (χ4v) is 4.48. The monoisotopic (exact) mass is 284 g/mol. The molecule has 1 aromatic rings. The average molecular weight is 284 g/mol. The summed E-state index contributed by atoms with van der Waals surface area (Å²) in [5, 5.41) is 0. The molecule has 1 saturated heterocycles. The molecule has 0 aromatic heterocycles. The number of hydrogen-bond acceptors (Lipinski definition) is 3. The minimum atomic E-state index is -0.361. The van der Waals surface area contributed by atoms with Crippen molar-refractivity contribution in [3.8, 4) is 0 Å². The van der Waals surface area contributed by atoms with E-state index < -0.39 is 0 Å². The molecule has 1 saturated carbocycles. The first-order valence-electron chi connectivity index (χ1n) is 7.70.